The summed E-state index contributed by atoms with van der Waals surface area (Å²) < 4.78 is 4.52. The number of rotatable bonds is 6. The molecule has 0 N–H and O–H groups in total. The zero-order chi connectivity index (χ0) is 34.4. The van der Waals surface area contributed by atoms with Gasteiger partial charge in [0.2, 0.25) is 5.95 Å². The summed E-state index contributed by atoms with van der Waals surface area (Å²) in [5, 5.41) is 3.63. The summed E-state index contributed by atoms with van der Waals surface area (Å²) in [6.07, 6.45) is 0. The monoisotopic (exact) mass is 665 g/mol. The number of nitrogens with zero attached hydrogens (tertiary/aromatic N) is 5. The van der Waals surface area contributed by atoms with E-state index in [1.54, 1.807) is 0 Å². The van der Waals surface area contributed by atoms with E-state index < -0.39 is 0 Å². The summed E-state index contributed by atoms with van der Waals surface area (Å²) in [6, 6.07) is 65.7. The zero-order valence-electron chi connectivity index (χ0n) is 28.1. The third kappa shape index (κ3) is 5.07. The highest BCUT2D eigenvalue weighted by Crippen LogP contribution is 2.35. The quantitative estimate of drug-likeness (QED) is 0.178. The molecule has 0 aliphatic carbocycles. The van der Waals surface area contributed by atoms with Crippen LogP contribution in [0.4, 0.5) is 0 Å². The first-order valence-corrected chi connectivity index (χ1v) is 17.5. The summed E-state index contributed by atoms with van der Waals surface area (Å²) in [6.45, 7) is 0. The van der Waals surface area contributed by atoms with Crippen LogP contribution in [0.15, 0.2) is 188 Å². The average molecular weight is 666 g/mol. The van der Waals surface area contributed by atoms with Crippen molar-refractivity contribution in [1.82, 2.24) is 24.1 Å². The second-order valence-electron chi connectivity index (χ2n) is 12.9. The largest absolute Gasteiger partial charge is 0.309 e. The molecule has 0 aliphatic rings. The average Bonchev–Trinajstić information content (AvgIpc) is 3.78. The van der Waals surface area contributed by atoms with E-state index in [-0.39, 0.29) is 0 Å². The van der Waals surface area contributed by atoms with Crippen molar-refractivity contribution in [2.45, 2.75) is 0 Å². The molecule has 10 aromatic rings. The van der Waals surface area contributed by atoms with Crippen molar-refractivity contribution in [3.05, 3.63) is 188 Å². The number of aromatic nitrogens is 5. The third-order valence-corrected chi connectivity index (χ3v) is 9.80. The molecular formula is C47H31N5. The van der Waals surface area contributed by atoms with Gasteiger partial charge in [0.25, 0.3) is 0 Å². The molecule has 52 heavy (non-hydrogen) atoms. The molecule has 5 nitrogen and oxygen atoms in total. The highest BCUT2D eigenvalue weighted by molar-refractivity contribution is 6.09. The fourth-order valence-electron chi connectivity index (χ4n) is 7.34. The van der Waals surface area contributed by atoms with E-state index >= 15 is 0 Å². The van der Waals surface area contributed by atoms with Crippen LogP contribution in [-0.2, 0) is 0 Å². The Hall–Kier alpha value is -7.11. The van der Waals surface area contributed by atoms with Gasteiger partial charge in [0.05, 0.1) is 22.2 Å². The Morgan fingerprint density at radius 3 is 1.48 bits per heavy atom. The molecule has 244 valence electrons. The van der Waals surface area contributed by atoms with Crippen molar-refractivity contribution in [3.8, 4) is 56.8 Å². The predicted molar refractivity (Wildman–Crippen MR) is 213 cm³/mol. The number of para-hydroxylation sites is 3. The lowest BCUT2D eigenvalue weighted by Gasteiger charge is -2.13. The van der Waals surface area contributed by atoms with E-state index in [2.05, 4.69) is 137 Å². The molecule has 0 bridgehead atoms. The summed E-state index contributed by atoms with van der Waals surface area (Å²) in [7, 11) is 0. The second kappa shape index (κ2) is 12.3. The van der Waals surface area contributed by atoms with Gasteiger partial charge in [-0.1, -0.05) is 152 Å². The summed E-state index contributed by atoms with van der Waals surface area (Å²) in [4.78, 5) is 15.1. The maximum atomic E-state index is 5.09. The molecule has 0 unspecified atom stereocenters. The SMILES string of the molecule is c1ccc(-c2nc(-c3ccccc3)nc(-n3c(-c4ccc(-c5cccc(-n6c7ccccc7c7ccccc76)c5)cc4)cc4ccccc43)n2)cc1. The van der Waals surface area contributed by atoms with Crippen molar-refractivity contribution in [2.24, 2.45) is 0 Å². The fourth-order valence-corrected chi connectivity index (χ4v) is 7.34. The molecule has 3 heterocycles. The molecule has 7 aromatic carbocycles. The molecule has 3 aromatic heterocycles. The maximum Gasteiger partial charge on any atom is 0.238 e. The fraction of sp³-hybridized carbons (Fsp3) is 0. The molecule has 0 radical (unpaired) electrons. The van der Waals surface area contributed by atoms with Crippen LogP contribution in [0.2, 0.25) is 0 Å². The highest BCUT2D eigenvalue weighted by atomic mass is 15.2. The number of fused-ring (bicyclic) bond motifs is 4. The first-order valence-electron chi connectivity index (χ1n) is 17.5. The predicted octanol–water partition coefficient (Wildman–Crippen LogP) is 11.6. The lowest BCUT2D eigenvalue weighted by Crippen LogP contribution is -2.07. The Balaban J connectivity index is 1.09. The van der Waals surface area contributed by atoms with Gasteiger partial charge in [-0.25, -0.2) is 4.98 Å². The van der Waals surface area contributed by atoms with Crippen molar-refractivity contribution < 1.29 is 0 Å². The summed E-state index contributed by atoms with van der Waals surface area (Å²) in [5.41, 5.74) is 10.8. The van der Waals surface area contributed by atoms with Crippen LogP contribution in [0.25, 0.3) is 89.5 Å². The topological polar surface area (TPSA) is 48.5 Å². The number of benzene rings is 7. The van der Waals surface area contributed by atoms with E-state index in [0.717, 1.165) is 50.1 Å². The molecule has 10 rings (SSSR count). The molecule has 0 saturated heterocycles. The Bertz CT molecular complexity index is 2780. The normalized spacial score (nSPS) is 11.5. The van der Waals surface area contributed by atoms with Gasteiger partial charge in [-0.3, -0.25) is 4.57 Å². The second-order valence-corrected chi connectivity index (χ2v) is 12.9. The Morgan fingerprint density at radius 1 is 0.327 bits per heavy atom. The van der Waals surface area contributed by atoms with Crippen molar-refractivity contribution in [2.75, 3.05) is 0 Å². The molecule has 0 amide bonds. The summed E-state index contributed by atoms with van der Waals surface area (Å²) >= 11 is 0. The van der Waals surface area contributed by atoms with Gasteiger partial charge in [-0.15, -0.1) is 0 Å². The maximum absolute atomic E-state index is 5.09. The molecule has 0 saturated carbocycles. The van der Waals surface area contributed by atoms with Crippen LogP contribution in [0.5, 0.6) is 0 Å². The van der Waals surface area contributed by atoms with Gasteiger partial charge >= 0.3 is 0 Å². The molecule has 0 atom stereocenters. The van der Waals surface area contributed by atoms with Crippen LogP contribution in [0, 0.1) is 0 Å². The van der Waals surface area contributed by atoms with Gasteiger partial charge in [0.15, 0.2) is 11.6 Å². The molecule has 0 aliphatic heterocycles. The molecule has 5 heteroatoms. The lowest BCUT2D eigenvalue weighted by molar-refractivity contribution is 0.938. The van der Waals surface area contributed by atoms with E-state index in [0.29, 0.717) is 17.6 Å². The van der Waals surface area contributed by atoms with Crippen molar-refractivity contribution in [1.29, 1.82) is 0 Å². The number of hydrogen-bond acceptors (Lipinski definition) is 3. The van der Waals surface area contributed by atoms with E-state index in [9.17, 15) is 0 Å². The van der Waals surface area contributed by atoms with Crippen LogP contribution >= 0.6 is 0 Å². The van der Waals surface area contributed by atoms with Crippen LogP contribution < -0.4 is 0 Å². The minimum absolute atomic E-state index is 0.576. The van der Waals surface area contributed by atoms with Gasteiger partial charge < -0.3 is 4.57 Å². The highest BCUT2D eigenvalue weighted by Gasteiger charge is 2.19. The van der Waals surface area contributed by atoms with Gasteiger partial charge in [-0.05, 0) is 53.1 Å². The lowest BCUT2D eigenvalue weighted by atomic mass is 10.0. The van der Waals surface area contributed by atoms with Gasteiger partial charge in [0.1, 0.15) is 0 Å². The third-order valence-electron chi connectivity index (χ3n) is 9.80. The standard InChI is InChI=1S/C47H31N5/c1-3-14-34(15-4-1)45-48-46(35-16-5-2-6-17-35)50-47(49-45)52-41-23-10-7-18-37(41)31-44(52)33-28-26-32(27-29-33)36-19-13-20-38(30-36)51-42-24-11-8-21-39(42)40-22-9-12-25-43(40)51/h1-31H. The number of hydrogen-bond donors (Lipinski definition) is 0. The smallest absolute Gasteiger partial charge is 0.238 e. The molecule has 0 spiro atoms. The van der Waals surface area contributed by atoms with Crippen LogP contribution in [0.1, 0.15) is 0 Å². The van der Waals surface area contributed by atoms with Crippen molar-refractivity contribution in [3.63, 3.8) is 0 Å². The van der Waals surface area contributed by atoms with E-state index in [1.807, 2.05) is 60.7 Å². The van der Waals surface area contributed by atoms with E-state index in [1.165, 1.54) is 21.8 Å². The Morgan fingerprint density at radius 2 is 0.846 bits per heavy atom. The first kappa shape index (κ1) is 29.8. The van der Waals surface area contributed by atoms with Gasteiger partial charge in [-0.2, -0.15) is 9.97 Å². The minimum Gasteiger partial charge on any atom is -0.309 e. The van der Waals surface area contributed by atoms with Crippen LogP contribution in [-0.4, -0.2) is 24.1 Å². The summed E-state index contributed by atoms with van der Waals surface area (Å²) in [5.74, 6) is 1.84. The van der Waals surface area contributed by atoms with Gasteiger partial charge in [0, 0.05) is 33.0 Å². The first-order chi connectivity index (χ1) is 25.8. The molecule has 0 fully saturated rings. The Labute approximate surface area is 300 Å². The van der Waals surface area contributed by atoms with Crippen molar-refractivity contribution >= 4 is 32.7 Å². The minimum atomic E-state index is 0.576. The zero-order valence-corrected chi connectivity index (χ0v) is 28.1. The Kier molecular flexibility index (Phi) is 7.07. The molecular weight excluding hydrogens is 635 g/mol. The van der Waals surface area contributed by atoms with Crippen LogP contribution in [0.3, 0.4) is 0 Å². The van der Waals surface area contributed by atoms with E-state index in [4.69, 9.17) is 15.0 Å².